The summed E-state index contributed by atoms with van der Waals surface area (Å²) in [4.78, 5) is 31.7. The van der Waals surface area contributed by atoms with Crippen LogP contribution in [0.2, 0.25) is 0 Å². The summed E-state index contributed by atoms with van der Waals surface area (Å²) in [5.41, 5.74) is 3.31. The van der Waals surface area contributed by atoms with Gasteiger partial charge >= 0.3 is 0 Å². The number of piperazine rings is 1. The van der Waals surface area contributed by atoms with Crippen molar-refractivity contribution in [3.05, 3.63) is 100 Å². The molecule has 2 aromatic carbocycles. The molecule has 1 fully saturated rings. The average molecular weight is 444 g/mol. The summed E-state index contributed by atoms with van der Waals surface area (Å²) in [5.74, 6) is -0.0129. The first-order valence-corrected chi connectivity index (χ1v) is 10.8. The van der Waals surface area contributed by atoms with Crippen LogP contribution in [0, 0.1) is 10.1 Å². The zero-order chi connectivity index (χ0) is 23.0. The second kappa shape index (κ2) is 10.4. The van der Waals surface area contributed by atoms with Gasteiger partial charge in [-0.05, 0) is 35.4 Å². The smallest absolute Gasteiger partial charge is 0.292 e. The van der Waals surface area contributed by atoms with Crippen molar-refractivity contribution in [2.24, 2.45) is 0 Å². The summed E-state index contributed by atoms with van der Waals surface area (Å²) in [6.07, 6.45) is 6.85. The molecule has 168 valence electrons. The van der Waals surface area contributed by atoms with Crippen LogP contribution in [-0.2, 0) is 11.3 Å². The molecule has 1 aliphatic heterocycles. The lowest BCUT2D eigenvalue weighted by Crippen LogP contribution is -2.48. The molecule has 3 aromatic rings. The lowest BCUT2D eigenvalue weighted by molar-refractivity contribution is -0.384. The maximum Gasteiger partial charge on any atom is 0.292 e. The molecule has 0 radical (unpaired) electrons. The van der Waals surface area contributed by atoms with Crippen LogP contribution >= 0.6 is 0 Å². The Morgan fingerprint density at radius 3 is 2.55 bits per heavy atom. The van der Waals surface area contributed by atoms with Gasteiger partial charge in [-0.3, -0.25) is 19.9 Å². The Morgan fingerprint density at radius 1 is 1.06 bits per heavy atom. The molecular weight excluding hydrogens is 418 g/mol. The first-order chi connectivity index (χ1) is 16.1. The predicted molar refractivity (Wildman–Crippen MR) is 129 cm³/mol. The number of hydrogen-bond acceptors (Lipinski definition) is 6. The Kier molecular flexibility index (Phi) is 6.94. The second-order valence-corrected chi connectivity index (χ2v) is 7.73. The highest BCUT2D eigenvalue weighted by atomic mass is 16.6. The van der Waals surface area contributed by atoms with Crippen LogP contribution in [0.15, 0.2) is 79.1 Å². The highest BCUT2D eigenvalue weighted by molar-refractivity contribution is 5.92. The Balaban J connectivity index is 1.39. The molecule has 1 aromatic heterocycles. The van der Waals surface area contributed by atoms with E-state index in [1.54, 1.807) is 30.6 Å². The topological polar surface area (TPSA) is 91.6 Å². The van der Waals surface area contributed by atoms with Crippen molar-refractivity contribution in [1.29, 1.82) is 0 Å². The van der Waals surface area contributed by atoms with E-state index in [-0.39, 0.29) is 16.5 Å². The molecule has 0 saturated carbocycles. The van der Waals surface area contributed by atoms with E-state index >= 15 is 0 Å². The molecule has 4 rings (SSSR count). The van der Waals surface area contributed by atoms with Crippen LogP contribution in [0.25, 0.3) is 6.08 Å². The monoisotopic (exact) mass is 443 g/mol. The van der Waals surface area contributed by atoms with Crippen molar-refractivity contribution in [2.45, 2.75) is 6.54 Å². The van der Waals surface area contributed by atoms with Gasteiger partial charge in [-0.15, -0.1) is 0 Å². The summed E-state index contributed by atoms with van der Waals surface area (Å²) >= 11 is 0. The molecule has 1 amide bonds. The Hall–Kier alpha value is -4.20. The van der Waals surface area contributed by atoms with Crippen LogP contribution < -0.4 is 10.2 Å². The standard InChI is InChI=1S/C25H25N5O3/c31-25(11-8-20-5-2-1-3-6-20)29-15-13-28(14-16-29)22-9-10-24(30(32)33)23(17-22)27-19-21-7-4-12-26-18-21/h1-12,17-18,27H,13-16,19H2/b11-8+. The molecule has 8 heteroatoms. The lowest BCUT2D eigenvalue weighted by atomic mass is 10.2. The normalized spacial score (nSPS) is 13.8. The number of nitrogens with one attached hydrogen (secondary N) is 1. The number of anilines is 2. The van der Waals surface area contributed by atoms with Gasteiger partial charge in [0.15, 0.2) is 0 Å². The van der Waals surface area contributed by atoms with Gasteiger partial charge in [-0.1, -0.05) is 36.4 Å². The number of nitrogens with zero attached hydrogens (tertiary/aromatic N) is 4. The van der Waals surface area contributed by atoms with E-state index in [2.05, 4.69) is 15.2 Å². The quantitative estimate of drug-likeness (QED) is 0.338. The van der Waals surface area contributed by atoms with Crippen LogP contribution in [-0.4, -0.2) is 46.9 Å². The van der Waals surface area contributed by atoms with Gasteiger partial charge in [0.2, 0.25) is 5.91 Å². The molecule has 2 heterocycles. The number of amides is 1. The van der Waals surface area contributed by atoms with Crippen molar-refractivity contribution < 1.29 is 9.72 Å². The highest BCUT2D eigenvalue weighted by Gasteiger charge is 2.22. The van der Waals surface area contributed by atoms with Gasteiger partial charge in [0.25, 0.3) is 5.69 Å². The summed E-state index contributed by atoms with van der Waals surface area (Å²) in [7, 11) is 0. The minimum atomic E-state index is -0.384. The van der Waals surface area contributed by atoms with Gasteiger partial charge in [0.1, 0.15) is 5.69 Å². The number of carbonyl (C=O) groups is 1. The molecule has 1 aliphatic rings. The highest BCUT2D eigenvalue weighted by Crippen LogP contribution is 2.30. The first kappa shape index (κ1) is 22.0. The third-order valence-electron chi connectivity index (χ3n) is 5.56. The van der Waals surface area contributed by atoms with E-state index in [4.69, 9.17) is 0 Å². The van der Waals surface area contributed by atoms with Crippen molar-refractivity contribution in [2.75, 3.05) is 36.4 Å². The fourth-order valence-corrected chi connectivity index (χ4v) is 3.74. The molecule has 1 N–H and O–H groups in total. The van der Waals surface area contributed by atoms with Gasteiger partial charge in [-0.2, -0.15) is 0 Å². The van der Waals surface area contributed by atoms with Crippen LogP contribution in [0.1, 0.15) is 11.1 Å². The molecule has 33 heavy (non-hydrogen) atoms. The van der Waals surface area contributed by atoms with E-state index in [1.807, 2.05) is 53.4 Å². The number of carbonyl (C=O) groups excluding carboxylic acids is 1. The molecule has 0 aliphatic carbocycles. The molecule has 1 saturated heterocycles. The predicted octanol–water partition coefficient (Wildman–Crippen LogP) is 3.96. The number of rotatable bonds is 7. The van der Waals surface area contributed by atoms with Crippen molar-refractivity contribution in [3.63, 3.8) is 0 Å². The SMILES string of the molecule is O=C(/C=C/c1ccccc1)N1CCN(c2ccc([N+](=O)[O-])c(NCc3cccnc3)c2)CC1. The van der Waals surface area contributed by atoms with Gasteiger partial charge in [-0.25, -0.2) is 0 Å². The van der Waals surface area contributed by atoms with Crippen LogP contribution in [0.3, 0.4) is 0 Å². The largest absolute Gasteiger partial charge is 0.375 e. The summed E-state index contributed by atoms with van der Waals surface area (Å²) in [6.45, 7) is 2.94. The van der Waals surface area contributed by atoms with E-state index in [0.29, 0.717) is 38.4 Å². The zero-order valence-electron chi connectivity index (χ0n) is 18.1. The molecule has 8 nitrogen and oxygen atoms in total. The summed E-state index contributed by atoms with van der Waals surface area (Å²) in [5, 5.41) is 14.7. The number of aromatic nitrogens is 1. The van der Waals surface area contributed by atoms with Gasteiger partial charge < -0.3 is 15.1 Å². The molecule has 0 unspecified atom stereocenters. The van der Waals surface area contributed by atoms with Crippen molar-refractivity contribution in [1.82, 2.24) is 9.88 Å². The molecule has 0 spiro atoms. The van der Waals surface area contributed by atoms with Crippen molar-refractivity contribution in [3.8, 4) is 0 Å². The Bertz CT molecular complexity index is 1130. The number of pyridine rings is 1. The number of benzene rings is 2. The van der Waals surface area contributed by atoms with Crippen LogP contribution in [0.5, 0.6) is 0 Å². The molecule has 0 atom stereocenters. The fourth-order valence-electron chi connectivity index (χ4n) is 3.74. The molecule has 0 bridgehead atoms. The van der Waals surface area contributed by atoms with Gasteiger partial charge in [0.05, 0.1) is 4.92 Å². The minimum Gasteiger partial charge on any atom is -0.375 e. The fraction of sp³-hybridized carbons (Fsp3) is 0.200. The maximum atomic E-state index is 12.5. The minimum absolute atomic E-state index is 0.0129. The summed E-state index contributed by atoms with van der Waals surface area (Å²) in [6, 6.07) is 18.6. The number of nitro benzene ring substituents is 1. The third-order valence-corrected chi connectivity index (χ3v) is 5.56. The van der Waals surface area contributed by atoms with E-state index in [1.165, 1.54) is 6.07 Å². The van der Waals surface area contributed by atoms with Crippen LogP contribution in [0.4, 0.5) is 17.1 Å². The maximum absolute atomic E-state index is 12.5. The number of hydrogen-bond donors (Lipinski definition) is 1. The molecular formula is C25H25N5O3. The van der Waals surface area contributed by atoms with E-state index < -0.39 is 0 Å². The van der Waals surface area contributed by atoms with Gasteiger partial charge in [0, 0.05) is 62.9 Å². The third kappa shape index (κ3) is 5.74. The van der Waals surface area contributed by atoms with Crippen molar-refractivity contribution >= 4 is 29.0 Å². The average Bonchev–Trinajstić information content (AvgIpc) is 2.87. The lowest BCUT2D eigenvalue weighted by Gasteiger charge is -2.35. The number of nitro groups is 1. The second-order valence-electron chi connectivity index (χ2n) is 7.73. The Morgan fingerprint density at radius 2 is 1.85 bits per heavy atom. The van der Waals surface area contributed by atoms with E-state index in [0.717, 1.165) is 16.8 Å². The van der Waals surface area contributed by atoms with E-state index in [9.17, 15) is 14.9 Å². The Labute approximate surface area is 192 Å². The zero-order valence-corrected chi connectivity index (χ0v) is 18.1. The first-order valence-electron chi connectivity index (χ1n) is 10.8. The summed E-state index contributed by atoms with van der Waals surface area (Å²) < 4.78 is 0.